The highest BCUT2D eigenvalue weighted by molar-refractivity contribution is 6.02. The van der Waals surface area contributed by atoms with Gasteiger partial charge in [0.1, 0.15) is 0 Å². The van der Waals surface area contributed by atoms with Crippen LogP contribution in [0.2, 0.25) is 0 Å². The smallest absolute Gasteiger partial charge is 0.248 e. The summed E-state index contributed by atoms with van der Waals surface area (Å²) in [5, 5.41) is 5.37. The largest absolute Gasteiger partial charge is 0.359 e. The molecule has 3 rings (SSSR count). The first-order chi connectivity index (χ1) is 13.5. The average molecular weight is 377 g/mol. The van der Waals surface area contributed by atoms with E-state index >= 15 is 0 Å². The molecule has 0 radical (unpaired) electrons. The van der Waals surface area contributed by atoms with Crippen molar-refractivity contribution in [2.24, 2.45) is 0 Å². The van der Waals surface area contributed by atoms with E-state index in [0.717, 1.165) is 29.8 Å². The van der Waals surface area contributed by atoms with Crippen LogP contribution in [0, 0.1) is 0 Å². The molecule has 1 aliphatic heterocycles. The van der Waals surface area contributed by atoms with Crippen LogP contribution in [0.25, 0.3) is 6.08 Å². The molecule has 0 aromatic heterocycles. The van der Waals surface area contributed by atoms with Crippen LogP contribution in [0.1, 0.15) is 24.0 Å². The minimum atomic E-state index is -0.238. The normalized spacial score (nSPS) is 13.8. The maximum absolute atomic E-state index is 12.1. The standard InChI is InChI=1S/C22H23N3O3/c1-23-21(27)15-17-4-9-18(10-5-17)24-20(26)13-8-16-6-11-19(12-7-16)25-14-2-3-22(25)28/h4-13H,2-3,14-15H2,1H3,(H,23,27)(H,24,26)/b13-8+. The Bertz CT molecular complexity index is 886. The van der Waals surface area contributed by atoms with Gasteiger partial charge in [-0.15, -0.1) is 0 Å². The topological polar surface area (TPSA) is 78.5 Å². The molecule has 1 aliphatic rings. The average Bonchev–Trinajstić information content (AvgIpc) is 3.14. The van der Waals surface area contributed by atoms with Gasteiger partial charge in [0.15, 0.2) is 0 Å². The highest BCUT2D eigenvalue weighted by Crippen LogP contribution is 2.22. The molecule has 144 valence electrons. The lowest BCUT2D eigenvalue weighted by molar-refractivity contribution is -0.120. The van der Waals surface area contributed by atoms with Crippen molar-refractivity contribution in [3.8, 4) is 0 Å². The van der Waals surface area contributed by atoms with Gasteiger partial charge in [-0.1, -0.05) is 24.3 Å². The highest BCUT2D eigenvalue weighted by Gasteiger charge is 2.21. The van der Waals surface area contributed by atoms with Gasteiger partial charge in [0.25, 0.3) is 0 Å². The number of likely N-dealkylation sites (N-methyl/N-ethyl adjacent to an activating group) is 1. The molecule has 0 aliphatic carbocycles. The zero-order valence-electron chi connectivity index (χ0n) is 15.8. The minimum absolute atomic E-state index is 0.0557. The van der Waals surface area contributed by atoms with Crippen molar-refractivity contribution >= 4 is 35.2 Å². The Kier molecular flexibility index (Phi) is 6.22. The molecule has 0 saturated carbocycles. The number of benzene rings is 2. The molecular weight excluding hydrogens is 354 g/mol. The van der Waals surface area contributed by atoms with E-state index in [0.29, 0.717) is 18.5 Å². The maximum atomic E-state index is 12.1. The van der Waals surface area contributed by atoms with Gasteiger partial charge in [-0.25, -0.2) is 0 Å². The van der Waals surface area contributed by atoms with Crippen molar-refractivity contribution in [3.05, 3.63) is 65.7 Å². The Morgan fingerprint density at radius 3 is 2.39 bits per heavy atom. The zero-order valence-corrected chi connectivity index (χ0v) is 15.8. The van der Waals surface area contributed by atoms with Crippen molar-refractivity contribution < 1.29 is 14.4 Å². The third-order valence-electron chi connectivity index (χ3n) is 4.57. The number of hydrogen-bond donors (Lipinski definition) is 2. The summed E-state index contributed by atoms with van der Waals surface area (Å²) in [6, 6.07) is 14.7. The molecule has 1 heterocycles. The summed E-state index contributed by atoms with van der Waals surface area (Å²) < 4.78 is 0. The molecule has 6 heteroatoms. The Morgan fingerprint density at radius 1 is 1.07 bits per heavy atom. The summed E-state index contributed by atoms with van der Waals surface area (Å²) in [6.07, 6.45) is 5.00. The van der Waals surface area contributed by atoms with E-state index in [-0.39, 0.29) is 17.7 Å². The van der Waals surface area contributed by atoms with Gasteiger partial charge in [0, 0.05) is 37.5 Å². The number of anilines is 2. The molecule has 2 aromatic rings. The van der Waals surface area contributed by atoms with Crippen LogP contribution in [0.3, 0.4) is 0 Å². The summed E-state index contributed by atoms with van der Waals surface area (Å²) in [6.45, 7) is 0.762. The number of carbonyl (C=O) groups is 3. The lowest BCUT2D eigenvalue weighted by Crippen LogP contribution is -2.23. The first kappa shape index (κ1) is 19.4. The summed E-state index contributed by atoms with van der Waals surface area (Å²) in [5.74, 6) is -0.137. The van der Waals surface area contributed by atoms with Gasteiger partial charge in [-0.3, -0.25) is 14.4 Å². The van der Waals surface area contributed by atoms with E-state index in [1.165, 1.54) is 6.08 Å². The summed E-state index contributed by atoms with van der Waals surface area (Å²) in [5.41, 5.74) is 3.31. The molecule has 28 heavy (non-hydrogen) atoms. The third-order valence-corrected chi connectivity index (χ3v) is 4.57. The molecule has 1 fully saturated rings. The second-order valence-electron chi connectivity index (χ2n) is 6.61. The molecule has 0 atom stereocenters. The number of hydrogen-bond acceptors (Lipinski definition) is 3. The molecule has 0 unspecified atom stereocenters. The third kappa shape index (κ3) is 5.07. The molecule has 0 bridgehead atoms. The van der Waals surface area contributed by atoms with E-state index in [4.69, 9.17) is 0 Å². The van der Waals surface area contributed by atoms with Crippen molar-refractivity contribution in [1.82, 2.24) is 5.32 Å². The van der Waals surface area contributed by atoms with Crippen molar-refractivity contribution in [1.29, 1.82) is 0 Å². The number of nitrogens with one attached hydrogen (secondary N) is 2. The Labute approximate surface area is 164 Å². The quantitative estimate of drug-likeness (QED) is 0.760. The number of rotatable bonds is 6. The van der Waals surface area contributed by atoms with E-state index in [1.54, 1.807) is 30.2 Å². The second kappa shape index (κ2) is 8.99. The maximum Gasteiger partial charge on any atom is 0.248 e. The molecule has 3 amide bonds. The predicted molar refractivity (Wildman–Crippen MR) is 110 cm³/mol. The molecular formula is C22H23N3O3. The van der Waals surface area contributed by atoms with Crippen LogP contribution >= 0.6 is 0 Å². The van der Waals surface area contributed by atoms with E-state index in [9.17, 15) is 14.4 Å². The number of nitrogens with zero attached hydrogens (tertiary/aromatic N) is 1. The van der Waals surface area contributed by atoms with Gasteiger partial charge in [-0.05, 0) is 47.9 Å². The lowest BCUT2D eigenvalue weighted by atomic mass is 10.1. The van der Waals surface area contributed by atoms with Gasteiger partial charge >= 0.3 is 0 Å². The van der Waals surface area contributed by atoms with E-state index in [2.05, 4.69) is 10.6 Å². The molecule has 2 aromatic carbocycles. The van der Waals surface area contributed by atoms with Crippen LogP contribution in [0.4, 0.5) is 11.4 Å². The summed E-state index contributed by atoms with van der Waals surface area (Å²) >= 11 is 0. The van der Waals surface area contributed by atoms with Crippen molar-refractivity contribution in [2.75, 3.05) is 23.8 Å². The Balaban J connectivity index is 1.54. The predicted octanol–water partition coefficient (Wildman–Crippen LogP) is 2.75. The summed E-state index contributed by atoms with van der Waals surface area (Å²) in [7, 11) is 1.60. The van der Waals surface area contributed by atoms with Crippen molar-refractivity contribution in [2.45, 2.75) is 19.3 Å². The zero-order chi connectivity index (χ0) is 19.9. The first-order valence-corrected chi connectivity index (χ1v) is 9.24. The molecule has 1 saturated heterocycles. The first-order valence-electron chi connectivity index (χ1n) is 9.24. The Morgan fingerprint density at radius 2 is 1.79 bits per heavy atom. The van der Waals surface area contributed by atoms with Crippen LogP contribution < -0.4 is 15.5 Å². The molecule has 6 nitrogen and oxygen atoms in total. The number of amides is 3. The number of carbonyl (C=O) groups excluding carboxylic acids is 3. The van der Waals surface area contributed by atoms with Gasteiger partial charge in [0.2, 0.25) is 17.7 Å². The SMILES string of the molecule is CNC(=O)Cc1ccc(NC(=O)/C=C/c2ccc(N3CCCC3=O)cc2)cc1. The Hall–Kier alpha value is -3.41. The van der Waals surface area contributed by atoms with Gasteiger partial charge in [-0.2, -0.15) is 0 Å². The fourth-order valence-electron chi connectivity index (χ4n) is 3.02. The summed E-state index contributed by atoms with van der Waals surface area (Å²) in [4.78, 5) is 37.0. The van der Waals surface area contributed by atoms with E-state index < -0.39 is 0 Å². The van der Waals surface area contributed by atoms with Crippen LogP contribution in [0.15, 0.2) is 54.6 Å². The van der Waals surface area contributed by atoms with Gasteiger partial charge < -0.3 is 15.5 Å². The van der Waals surface area contributed by atoms with E-state index in [1.807, 2.05) is 36.4 Å². The van der Waals surface area contributed by atoms with Crippen molar-refractivity contribution in [3.63, 3.8) is 0 Å². The molecule has 0 spiro atoms. The minimum Gasteiger partial charge on any atom is -0.359 e. The van der Waals surface area contributed by atoms with Crippen LogP contribution in [0.5, 0.6) is 0 Å². The van der Waals surface area contributed by atoms with Crippen LogP contribution in [-0.2, 0) is 20.8 Å². The van der Waals surface area contributed by atoms with Gasteiger partial charge in [0.05, 0.1) is 6.42 Å². The fourth-order valence-corrected chi connectivity index (χ4v) is 3.02. The fraction of sp³-hybridized carbons (Fsp3) is 0.227. The lowest BCUT2D eigenvalue weighted by Gasteiger charge is -2.15. The van der Waals surface area contributed by atoms with Crippen LogP contribution in [-0.4, -0.2) is 31.3 Å². The highest BCUT2D eigenvalue weighted by atomic mass is 16.2. The second-order valence-corrected chi connectivity index (χ2v) is 6.61. The monoisotopic (exact) mass is 377 g/mol. The molecule has 2 N–H and O–H groups in total.